The summed E-state index contributed by atoms with van der Waals surface area (Å²) < 4.78 is 23.5. The van der Waals surface area contributed by atoms with Gasteiger partial charge in [-0.1, -0.05) is 19.3 Å². The number of nitrogens with one attached hydrogen (secondary N) is 2. The number of aromatic nitrogens is 1. The summed E-state index contributed by atoms with van der Waals surface area (Å²) in [5, 5.41) is 5.84. The number of pyridine rings is 1. The number of hydrogen-bond acceptors (Lipinski definition) is 5. The molecule has 26 heavy (non-hydrogen) atoms. The van der Waals surface area contributed by atoms with Crippen molar-refractivity contribution < 1.29 is 13.2 Å². The fourth-order valence-electron chi connectivity index (χ4n) is 3.86. The monoisotopic (exact) mass is 380 g/mol. The Labute approximate surface area is 155 Å². The normalized spacial score (nSPS) is 22.7. The number of urea groups is 1. The van der Waals surface area contributed by atoms with Crippen LogP contribution in [-0.4, -0.2) is 49.6 Å². The zero-order valence-electron chi connectivity index (χ0n) is 15.3. The van der Waals surface area contributed by atoms with Crippen LogP contribution in [0.25, 0.3) is 0 Å². The molecule has 0 bridgehead atoms. The average Bonchev–Trinajstić information content (AvgIpc) is 2.97. The third-order valence-corrected chi connectivity index (χ3v) is 6.98. The smallest absolute Gasteiger partial charge is 0.319 e. The molecule has 0 spiro atoms. The molecule has 1 atom stereocenters. The van der Waals surface area contributed by atoms with E-state index in [9.17, 15) is 13.2 Å². The summed E-state index contributed by atoms with van der Waals surface area (Å²) in [6.45, 7) is 2.69. The molecular formula is C18H28N4O3S. The Morgan fingerprint density at radius 1 is 1.23 bits per heavy atom. The van der Waals surface area contributed by atoms with Crippen molar-refractivity contribution >= 4 is 27.4 Å². The van der Waals surface area contributed by atoms with Gasteiger partial charge in [-0.15, -0.1) is 0 Å². The molecule has 1 saturated heterocycles. The highest BCUT2D eigenvalue weighted by Crippen LogP contribution is 2.23. The Kier molecular flexibility index (Phi) is 6.01. The zero-order chi connectivity index (χ0) is 18.6. The minimum absolute atomic E-state index is 0.0223. The van der Waals surface area contributed by atoms with Crippen molar-refractivity contribution in [1.82, 2.24) is 10.3 Å². The van der Waals surface area contributed by atoms with Crippen molar-refractivity contribution in [2.45, 2.75) is 57.5 Å². The number of amides is 2. The molecule has 3 rings (SSSR count). The summed E-state index contributed by atoms with van der Waals surface area (Å²) in [7, 11) is -2.93. The summed E-state index contributed by atoms with van der Waals surface area (Å²) in [6, 6.07) is 3.70. The number of sulfone groups is 1. The van der Waals surface area contributed by atoms with E-state index >= 15 is 0 Å². The van der Waals surface area contributed by atoms with E-state index in [0.717, 1.165) is 18.7 Å². The van der Waals surface area contributed by atoms with Crippen LogP contribution in [0.2, 0.25) is 0 Å². The first-order valence-electron chi connectivity index (χ1n) is 9.47. The van der Waals surface area contributed by atoms with Gasteiger partial charge in [0.05, 0.1) is 23.4 Å². The Morgan fingerprint density at radius 3 is 2.58 bits per heavy atom. The third kappa shape index (κ3) is 4.87. The summed E-state index contributed by atoms with van der Waals surface area (Å²) in [4.78, 5) is 18.6. The fraction of sp³-hybridized carbons (Fsp3) is 0.667. The summed E-state index contributed by atoms with van der Waals surface area (Å²) >= 11 is 0. The second-order valence-corrected chi connectivity index (χ2v) is 9.41. The summed E-state index contributed by atoms with van der Waals surface area (Å²) in [5.41, 5.74) is 0.636. The number of carbonyl (C=O) groups excluding carboxylic acids is 1. The number of carbonyl (C=O) groups is 1. The van der Waals surface area contributed by atoms with E-state index in [4.69, 9.17) is 0 Å². The second-order valence-electron chi connectivity index (χ2n) is 7.18. The fourth-order valence-corrected chi connectivity index (χ4v) is 5.59. The van der Waals surface area contributed by atoms with Crippen molar-refractivity contribution in [2.24, 2.45) is 0 Å². The van der Waals surface area contributed by atoms with Gasteiger partial charge in [0.2, 0.25) is 0 Å². The van der Waals surface area contributed by atoms with Crippen LogP contribution >= 0.6 is 0 Å². The quantitative estimate of drug-likeness (QED) is 0.819. The molecule has 144 valence electrons. The Bertz CT molecular complexity index is 714. The minimum atomic E-state index is -2.93. The maximum absolute atomic E-state index is 12.1. The summed E-state index contributed by atoms with van der Waals surface area (Å²) in [5.74, 6) is 1.18. The molecule has 1 aromatic heterocycles. The lowest BCUT2D eigenvalue weighted by Crippen LogP contribution is -2.39. The molecule has 2 aliphatic rings. The van der Waals surface area contributed by atoms with E-state index in [1.54, 1.807) is 6.20 Å². The first-order chi connectivity index (χ1) is 12.5. The van der Waals surface area contributed by atoms with E-state index in [1.807, 2.05) is 24.0 Å². The van der Waals surface area contributed by atoms with E-state index in [2.05, 4.69) is 15.6 Å². The molecule has 7 nitrogen and oxygen atoms in total. The third-order valence-electron chi connectivity index (χ3n) is 5.23. The Balaban J connectivity index is 1.57. The highest BCUT2D eigenvalue weighted by molar-refractivity contribution is 7.91. The van der Waals surface area contributed by atoms with Gasteiger partial charge in [0.15, 0.2) is 9.84 Å². The predicted octanol–water partition coefficient (Wildman–Crippen LogP) is 2.55. The van der Waals surface area contributed by atoms with Crippen molar-refractivity contribution in [2.75, 3.05) is 28.3 Å². The molecule has 0 radical (unpaired) electrons. The molecule has 8 heteroatoms. The molecule has 2 amide bonds. The largest absolute Gasteiger partial charge is 0.353 e. The van der Waals surface area contributed by atoms with Gasteiger partial charge >= 0.3 is 6.03 Å². The van der Waals surface area contributed by atoms with Gasteiger partial charge < -0.3 is 15.5 Å². The van der Waals surface area contributed by atoms with Crippen LogP contribution in [0.15, 0.2) is 18.3 Å². The predicted molar refractivity (Wildman–Crippen MR) is 103 cm³/mol. The molecule has 2 heterocycles. The highest BCUT2D eigenvalue weighted by atomic mass is 32.2. The van der Waals surface area contributed by atoms with Crippen LogP contribution in [-0.2, 0) is 9.84 Å². The highest BCUT2D eigenvalue weighted by Gasteiger charge is 2.32. The van der Waals surface area contributed by atoms with Crippen LogP contribution in [0.5, 0.6) is 0 Å². The molecule has 1 saturated carbocycles. The zero-order valence-corrected chi connectivity index (χ0v) is 16.1. The molecule has 0 aromatic carbocycles. The Hall–Kier alpha value is -1.83. The molecule has 2 fully saturated rings. The van der Waals surface area contributed by atoms with Gasteiger partial charge in [0.1, 0.15) is 5.82 Å². The SMILES string of the molecule is CCN(c1ccc(NC(=O)NC2CCCCC2)cn1)C1CCS(=O)(=O)C1. The lowest BCUT2D eigenvalue weighted by atomic mass is 9.96. The van der Waals surface area contributed by atoms with E-state index < -0.39 is 9.84 Å². The molecule has 1 aliphatic heterocycles. The molecule has 2 N–H and O–H groups in total. The van der Waals surface area contributed by atoms with Crippen molar-refractivity contribution in [1.29, 1.82) is 0 Å². The van der Waals surface area contributed by atoms with Crippen LogP contribution in [0.3, 0.4) is 0 Å². The van der Waals surface area contributed by atoms with Gasteiger partial charge in [-0.25, -0.2) is 18.2 Å². The minimum Gasteiger partial charge on any atom is -0.353 e. The maximum atomic E-state index is 12.1. The van der Waals surface area contributed by atoms with Gasteiger partial charge in [-0.05, 0) is 38.3 Å². The maximum Gasteiger partial charge on any atom is 0.319 e. The Morgan fingerprint density at radius 2 is 2.00 bits per heavy atom. The van der Waals surface area contributed by atoms with Gasteiger partial charge in [0, 0.05) is 18.6 Å². The van der Waals surface area contributed by atoms with E-state index in [0.29, 0.717) is 18.7 Å². The van der Waals surface area contributed by atoms with Gasteiger partial charge in [-0.2, -0.15) is 0 Å². The van der Waals surface area contributed by atoms with Crippen LogP contribution < -0.4 is 15.5 Å². The van der Waals surface area contributed by atoms with Crippen molar-refractivity contribution in [3.8, 4) is 0 Å². The lowest BCUT2D eigenvalue weighted by molar-refractivity contribution is 0.244. The average molecular weight is 381 g/mol. The standard InChI is InChI=1S/C18H28N4O3S/c1-2-22(16-10-11-26(24,25)13-16)17-9-8-15(12-19-17)21-18(23)20-14-6-4-3-5-7-14/h8-9,12,14,16H,2-7,10-11,13H2,1H3,(H2,20,21,23). The first kappa shape index (κ1) is 18.9. The molecule has 1 aliphatic carbocycles. The van der Waals surface area contributed by atoms with Crippen LogP contribution in [0.4, 0.5) is 16.3 Å². The van der Waals surface area contributed by atoms with Crippen LogP contribution in [0.1, 0.15) is 45.4 Å². The lowest BCUT2D eigenvalue weighted by Gasteiger charge is -2.28. The van der Waals surface area contributed by atoms with Crippen molar-refractivity contribution in [3.63, 3.8) is 0 Å². The summed E-state index contributed by atoms with van der Waals surface area (Å²) in [6.07, 6.45) is 7.95. The second kappa shape index (κ2) is 8.24. The topological polar surface area (TPSA) is 91.4 Å². The van der Waals surface area contributed by atoms with Gasteiger partial charge in [0.25, 0.3) is 0 Å². The van der Waals surface area contributed by atoms with E-state index in [1.165, 1.54) is 19.3 Å². The number of rotatable bonds is 5. The number of hydrogen-bond donors (Lipinski definition) is 2. The number of anilines is 2. The molecular weight excluding hydrogens is 352 g/mol. The first-order valence-corrected chi connectivity index (χ1v) is 11.3. The molecule has 1 unspecified atom stereocenters. The van der Waals surface area contributed by atoms with Gasteiger partial charge in [-0.3, -0.25) is 0 Å². The van der Waals surface area contributed by atoms with Crippen molar-refractivity contribution in [3.05, 3.63) is 18.3 Å². The van der Waals surface area contributed by atoms with E-state index in [-0.39, 0.29) is 29.6 Å². The molecule has 1 aromatic rings. The van der Waals surface area contributed by atoms with Crippen LogP contribution in [0, 0.1) is 0 Å². The number of nitrogens with zero attached hydrogens (tertiary/aromatic N) is 2.